The van der Waals surface area contributed by atoms with Crippen LogP contribution in [0.2, 0.25) is 0 Å². The van der Waals surface area contributed by atoms with Crippen molar-refractivity contribution in [1.29, 1.82) is 0 Å². The standard InChI is InChI=1S/C9H15FN2O2/c1-2-3-4-5-11-6-8(10)7-12(11)9(13)14/h6H,2-5,7H2,1H3,(H,13,14). The van der Waals surface area contributed by atoms with E-state index in [9.17, 15) is 9.18 Å². The minimum Gasteiger partial charge on any atom is -0.464 e. The van der Waals surface area contributed by atoms with Crippen molar-refractivity contribution < 1.29 is 14.3 Å². The van der Waals surface area contributed by atoms with Crippen molar-refractivity contribution in [3.63, 3.8) is 0 Å². The number of nitrogens with zero attached hydrogens (tertiary/aromatic N) is 2. The molecule has 0 aromatic rings. The molecule has 0 aromatic carbocycles. The largest absolute Gasteiger partial charge is 0.464 e. The average Bonchev–Trinajstić information content (AvgIpc) is 2.47. The average molecular weight is 202 g/mol. The lowest BCUT2D eigenvalue weighted by Gasteiger charge is -2.25. The van der Waals surface area contributed by atoms with E-state index in [-0.39, 0.29) is 6.54 Å². The third-order valence-corrected chi connectivity index (χ3v) is 2.11. The fourth-order valence-corrected chi connectivity index (χ4v) is 1.39. The van der Waals surface area contributed by atoms with E-state index in [1.165, 1.54) is 11.2 Å². The van der Waals surface area contributed by atoms with Crippen molar-refractivity contribution in [3.05, 3.63) is 12.0 Å². The van der Waals surface area contributed by atoms with E-state index in [0.29, 0.717) is 6.54 Å². The van der Waals surface area contributed by atoms with Gasteiger partial charge in [0.1, 0.15) is 5.83 Å². The quantitative estimate of drug-likeness (QED) is 0.711. The van der Waals surface area contributed by atoms with Crippen LogP contribution in [0.25, 0.3) is 0 Å². The summed E-state index contributed by atoms with van der Waals surface area (Å²) in [5.41, 5.74) is 0. The predicted molar refractivity (Wildman–Crippen MR) is 50.2 cm³/mol. The summed E-state index contributed by atoms with van der Waals surface area (Å²) >= 11 is 0. The predicted octanol–water partition coefficient (Wildman–Crippen LogP) is 2.20. The number of rotatable bonds is 4. The van der Waals surface area contributed by atoms with Gasteiger partial charge < -0.3 is 5.11 Å². The van der Waals surface area contributed by atoms with Crippen LogP contribution in [0, 0.1) is 0 Å². The van der Waals surface area contributed by atoms with Gasteiger partial charge in [0.2, 0.25) is 0 Å². The SMILES string of the molecule is CCCCCN1C=C(F)CN1C(=O)O. The highest BCUT2D eigenvalue weighted by Gasteiger charge is 2.25. The van der Waals surface area contributed by atoms with E-state index >= 15 is 0 Å². The number of unbranched alkanes of at least 4 members (excludes halogenated alkanes) is 2. The molecule has 0 radical (unpaired) electrons. The zero-order chi connectivity index (χ0) is 10.6. The van der Waals surface area contributed by atoms with Gasteiger partial charge in [0.25, 0.3) is 0 Å². The van der Waals surface area contributed by atoms with Crippen molar-refractivity contribution in [3.8, 4) is 0 Å². The summed E-state index contributed by atoms with van der Waals surface area (Å²) in [5.74, 6) is -0.399. The molecular weight excluding hydrogens is 187 g/mol. The molecule has 0 unspecified atom stereocenters. The number of carbonyl (C=O) groups is 1. The third-order valence-electron chi connectivity index (χ3n) is 2.11. The second-order valence-electron chi connectivity index (χ2n) is 3.29. The first-order valence-electron chi connectivity index (χ1n) is 4.78. The van der Waals surface area contributed by atoms with Crippen molar-refractivity contribution >= 4 is 6.09 Å². The molecule has 0 aromatic heterocycles. The Hall–Kier alpha value is -1.26. The third kappa shape index (κ3) is 2.61. The maximum atomic E-state index is 12.8. The molecule has 0 fully saturated rings. The first kappa shape index (κ1) is 10.8. The van der Waals surface area contributed by atoms with Gasteiger partial charge in [-0.25, -0.2) is 14.2 Å². The normalized spacial score (nSPS) is 16.0. The zero-order valence-electron chi connectivity index (χ0n) is 8.24. The van der Waals surface area contributed by atoms with Crippen molar-refractivity contribution in [2.24, 2.45) is 0 Å². The van der Waals surface area contributed by atoms with Gasteiger partial charge in [-0.1, -0.05) is 19.8 Å². The Morgan fingerprint density at radius 3 is 2.93 bits per heavy atom. The van der Waals surface area contributed by atoms with Gasteiger partial charge in [-0.05, 0) is 6.42 Å². The summed E-state index contributed by atoms with van der Waals surface area (Å²) in [6.07, 6.45) is 3.12. The van der Waals surface area contributed by atoms with Gasteiger partial charge in [-0.2, -0.15) is 0 Å². The first-order chi connectivity index (χ1) is 6.65. The number of halogens is 1. The van der Waals surface area contributed by atoms with Gasteiger partial charge in [-0.3, -0.25) is 5.01 Å². The highest BCUT2D eigenvalue weighted by atomic mass is 19.1. The Balaban J connectivity index is 2.43. The lowest BCUT2D eigenvalue weighted by atomic mass is 10.2. The fourth-order valence-electron chi connectivity index (χ4n) is 1.39. The molecule has 1 N–H and O–H groups in total. The molecule has 14 heavy (non-hydrogen) atoms. The van der Waals surface area contributed by atoms with Gasteiger partial charge in [0.05, 0.1) is 12.7 Å². The smallest absolute Gasteiger partial charge is 0.426 e. The van der Waals surface area contributed by atoms with E-state index < -0.39 is 11.9 Å². The second kappa shape index (κ2) is 4.83. The highest BCUT2D eigenvalue weighted by Crippen LogP contribution is 2.16. The molecule has 4 nitrogen and oxygen atoms in total. The van der Waals surface area contributed by atoms with Gasteiger partial charge >= 0.3 is 6.09 Å². The number of hydrogen-bond acceptors (Lipinski definition) is 2. The molecule has 1 heterocycles. The fraction of sp³-hybridized carbons (Fsp3) is 0.667. The Labute approximate surface area is 82.6 Å². The zero-order valence-corrected chi connectivity index (χ0v) is 8.24. The lowest BCUT2D eigenvalue weighted by molar-refractivity contribution is 0.0481. The molecule has 1 aliphatic heterocycles. The molecule has 0 aliphatic carbocycles. The monoisotopic (exact) mass is 202 g/mol. The number of amides is 1. The number of carboxylic acid groups (broad SMARTS) is 1. The molecule has 0 bridgehead atoms. The van der Waals surface area contributed by atoms with E-state index in [1.54, 1.807) is 0 Å². The Bertz CT molecular complexity index is 243. The Kier molecular flexibility index (Phi) is 3.73. The molecule has 1 amide bonds. The Morgan fingerprint density at radius 1 is 1.64 bits per heavy atom. The summed E-state index contributed by atoms with van der Waals surface area (Å²) in [5, 5.41) is 11.2. The van der Waals surface area contributed by atoms with E-state index in [1.807, 2.05) is 0 Å². The van der Waals surface area contributed by atoms with Crippen LogP contribution in [-0.4, -0.2) is 34.3 Å². The van der Waals surface area contributed by atoms with Crippen LogP contribution < -0.4 is 0 Å². The van der Waals surface area contributed by atoms with Crippen LogP contribution in [0.1, 0.15) is 26.2 Å². The van der Waals surface area contributed by atoms with Crippen LogP contribution in [-0.2, 0) is 0 Å². The van der Waals surface area contributed by atoms with Gasteiger partial charge in [0.15, 0.2) is 0 Å². The Morgan fingerprint density at radius 2 is 2.36 bits per heavy atom. The highest BCUT2D eigenvalue weighted by molar-refractivity contribution is 5.65. The van der Waals surface area contributed by atoms with Crippen molar-refractivity contribution in [1.82, 2.24) is 10.0 Å². The maximum absolute atomic E-state index is 12.8. The van der Waals surface area contributed by atoms with Crippen molar-refractivity contribution in [2.45, 2.75) is 26.2 Å². The molecular formula is C9H15FN2O2. The van der Waals surface area contributed by atoms with Crippen LogP contribution in [0.15, 0.2) is 12.0 Å². The number of hydrazine groups is 1. The van der Waals surface area contributed by atoms with Crippen LogP contribution in [0.4, 0.5) is 9.18 Å². The summed E-state index contributed by atoms with van der Waals surface area (Å²) in [6.45, 7) is 2.48. The molecule has 0 saturated heterocycles. The maximum Gasteiger partial charge on any atom is 0.426 e. The van der Waals surface area contributed by atoms with Crippen LogP contribution in [0.5, 0.6) is 0 Å². The molecule has 80 valence electrons. The molecule has 0 saturated carbocycles. The molecule has 0 spiro atoms. The summed E-state index contributed by atoms with van der Waals surface area (Å²) < 4.78 is 12.8. The topological polar surface area (TPSA) is 43.8 Å². The van der Waals surface area contributed by atoms with Gasteiger partial charge in [0, 0.05) is 6.54 Å². The minimum absolute atomic E-state index is 0.151. The van der Waals surface area contributed by atoms with Crippen LogP contribution >= 0.6 is 0 Å². The second-order valence-corrected chi connectivity index (χ2v) is 3.29. The van der Waals surface area contributed by atoms with Crippen LogP contribution in [0.3, 0.4) is 0 Å². The van der Waals surface area contributed by atoms with Gasteiger partial charge in [-0.15, -0.1) is 0 Å². The summed E-state index contributed by atoms with van der Waals surface area (Å²) in [7, 11) is 0. The van der Waals surface area contributed by atoms with Crippen molar-refractivity contribution in [2.75, 3.05) is 13.1 Å². The number of hydrogen-bond donors (Lipinski definition) is 1. The molecule has 1 aliphatic rings. The molecule has 1 rings (SSSR count). The lowest BCUT2D eigenvalue weighted by Crippen LogP contribution is -2.39. The molecule has 0 atom stereocenters. The van der Waals surface area contributed by atoms with E-state index in [4.69, 9.17) is 5.11 Å². The van der Waals surface area contributed by atoms with E-state index in [0.717, 1.165) is 24.3 Å². The summed E-state index contributed by atoms with van der Waals surface area (Å²) in [6, 6.07) is 0. The van der Waals surface area contributed by atoms with E-state index in [2.05, 4.69) is 6.92 Å². The summed E-state index contributed by atoms with van der Waals surface area (Å²) in [4.78, 5) is 10.7. The minimum atomic E-state index is -1.11. The molecule has 5 heteroatoms. The first-order valence-corrected chi connectivity index (χ1v) is 4.78.